The van der Waals surface area contributed by atoms with Crippen molar-refractivity contribution in [3.63, 3.8) is 0 Å². The van der Waals surface area contributed by atoms with E-state index in [1.165, 1.54) is 11.5 Å². The van der Waals surface area contributed by atoms with Crippen molar-refractivity contribution in [1.29, 1.82) is 0 Å². The summed E-state index contributed by atoms with van der Waals surface area (Å²) in [4.78, 5) is 22.1. The maximum atomic E-state index is 12.3. The van der Waals surface area contributed by atoms with E-state index in [0.29, 0.717) is 18.9 Å². The highest BCUT2D eigenvalue weighted by Gasteiger charge is 2.22. The maximum Gasteiger partial charge on any atom is 0.223 e. The molecule has 0 saturated carbocycles. The van der Waals surface area contributed by atoms with E-state index in [1.54, 1.807) is 0 Å². The van der Waals surface area contributed by atoms with Crippen LogP contribution in [0.2, 0.25) is 0 Å². The third-order valence-corrected chi connectivity index (χ3v) is 5.19. The number of fused-ring (bicyclic) bond motifs is 1. The highest BCUT2D eigenvalue weighted by Crippen LogP contribution is 2.21. The number of rotatable bonds is 4. The number of imidazole rings is 1. The van der Waals surface area contributed by atoms with Gasteiger partial charge in [0.05, 0.1) is 11.0 Å². The van der Waals surface area contributed by atoms with Crippen LogP contribution in [-0.2, 0) is 11.2 Å². The molecule has 3 rings (SSSR count). The number of aromatic nitrogens is 2. The fourth-order valence-corrected chi connectivity index (χ4v) is 3.88. The van der Waals surface area contributed by atoms with Gasteiger partial charge in [0.1, 0.15) is 5.82 Å². The largest absolute Gasteiger partial charge is 0.343 e. The average Bonchev–Trinajstić information content (AvgIpc) is 2.95. The van der Waals surface area contributed by atoms with Crippen LogP contribution in [0.4, 0.5) is 0 Å². The molecule has 1 aliphatic rings. The number of aromatic amines is 1. The molecule has 0 bridgehead atoms. The molecule has 5 heteroatoms. The zero-order chi connectivity index (χ0) is 14.7. The lowest BCUT2D eigenvalue weighted by Gasteiger charge is -2.31. The van der Waals surface area contributed by atoms with E-state index < -0.39 is 0 Å². The lowest BCUT2D eigenvalue weighted by molar-refractivity contribution is -0.132. The van der Waals surface area contributed by atoms with Crippen molar-refractivity contribution < 1.29 is 4.79 Å². The number of para-hydroxylation sites is 2. The Balaban J connectivity index is 1.57. The normalized spacial score (nSPS) is 16.2. The molecule has 2 heterocycles. The predicted octanol–water partition coefficient (Wildman–Crippen LogP) is 2.85. The third kappa shape index (κ3) is 3.40. The first-order valence-corrected chi connectivity index (χ1v) is 8.66. The van der Waals surface area contributed by atoms with Crippen molar-refractivity contribution in [2.24, 2.45) is 0 Å². The van der Waals surface area contributed by atoms with Gasteiger partial charge >= 0.3 is 0 Å². The van der Waals surface area contributed by atoms with E-state index in [-0.39, 0.29) is 5.91 Å². The molecule has 1 amide bonds. The minimum absolute atomic E-state index is 0.229. The summed E-state index contributed by atoms with van der Waals surface area (Å²) >= 11 is 1.99. The molecule has 0 aliphatic carbocycles. The molecule has 0 spiro atoms. The summed E-state index contributed by atoms with van der Waals surface area (Å²) in [6.45, 7) is 0. The Bertz CT molecular complexity index is 586. The van der Waals surface area contributed by atoms with Crippen LogP contribution in [0, 0.1) is 0 Å². The van der Waals surface area contributed by atoms with Crippen LogP contribution in [0.5, 0.6) is 0 Å². The second-order valence-electron chi connectivity index (χ2n) is 5.55. The Morgan fingerprint density at radius 1 is 1.38 bits per heavy atom. The van der Waals surface area contributed by atoms with Gasteiger partial charge in [-0.1, -0.05) is 12.1 Å². The van der Waals surface area contributed by atoms with Gasteiger partial charge in [-0.15, -0.1) is 0 Å². The number of thioether (sulfide) groups is 1. The van der Waals surface area contributed by atoms with Gasteiger partial charge in [-0.3, -0.25) is 4.79 Å². The van der Waals surface area contributed by atoms with Gasteiger partial charge in [0.15, 0.2) is 0 Å². The Morgan fingerprint density at radius 3 is 2.90 bits per heavy atom. The van der Waals surface area contributed by atoms with Crippen LogP contribution in [0.1, 0.15) is 25.1 Å². The highest BCUT2D eigenvalue weighted by atomic mass is 32.2. The number of carbonyl (C=O) groups excluding carboxylic acids is 1. The molecule has 0 atom stereocenters. The molecule has 0 radical (unpaired) electrons. The van der Waals surface area contributed by atoms with Gasteiger partial charge in [-0.2, -0.15) is 11.8 Å². The fraction of sp³-hybridized carbons (Fsp3) is 0.500. The maximum absolute atomic E-state index is 12.3. The molecule has 21 heavy (non-hydrogen) atoms. The number of benzene rings is 1. The van der Waals surface area contributed by atoms with Crippen LogP contribution in [0.3, 0.4) is 0 Å². The van der Waals surface area contributed by atoms with Crippen molar-refractivity contribution in [2.45, 2.75) is 31.7 Å². The molecule has 1 saturated heterocycles. The topological polar surface area (TPSA) is 49.0 Å². The first kappa shape index (κ1) is 14.4. The van der Waals surface area contributed by atoms with E-state index >= 15 is 0 Å². The van der Waals surface area contributed by atoms with Gasteiger partial charge in [-0.25, -0.2) is 4.98 Å². The SMILES string of the molecule is CN(C(=O)CCc1nc2ccccc2[nH]1)C1CCSCC1. The van der Waals surface area contributed by atoms with Gasteiger partial charge < -0.3 is 9.88 Å². The van der Waals surface area contributed by atoms with Crippen LogP contribution >= 0.6 is 11.8 Å². The smallest absolute Gasteiger partial charge is 0.223 e. The molecule has 1 aromatic heterocycles. The predicted molar refractivity (Wildman–Crippen MR) is 87.5 cm³/mol. The van der Waals surface area contributed by atoms with E-state index in [9.17, 15) is 4.79 Å². The molecular weight excluding hydrogens is 282 g/mol. The number of hydrogen-bond donors (Lipinski definition) is 1. The summed E-state index contributed by atoms with van der Waals surface area (Å²) in [5.41, 5.74) is 2.01. The minimum atomic E-state index is 0.229. The quantitative estimate of drug-likeness (QED) is 0.945. The van der Waals surface area contributed by atoms with Crippen molar-refractivity contribution >= 4 is 28.7 Å². The number of amides is 1. The van der Waals surface area contributed by atoms with Gasteiger partial charge in [0.25, 0.3) is 0 Å². The van der Waals surface area contributed by atoms with Crippen LogP contribution in [0.15, 0.2) is 24.3 Å². The number of H-pyrrole nitrogens is 1. The summed E-state index contributed by atoms with van der Waals surface area (Å²) in [5.74, 6) is 3.47. The monoisotopic (exact) mass is 303 g/mol. The molecule has 4 nitrogen and oxygen atoms in total. The van der Waals surface area contributed by atoms with Crippen molar-refractivity contribution in [1.82, 2.24) is 14.9 Å². The van der Waals surface area contributed by atoms with Gasteiger partial charge in [0, 0.05) is 25.9 Å². The summed E-state index contributed by atoms with van der Waals surface area (Å²) in [5, 5.41) is 0. The second kappa shape index (κ2) is 6.52. The van der Waals surface area contributed by atoms with E-state index in [4.69, 9.17) is 0 Å². The van der Waals surface area contributed by atoms with Crippen molar-refractivity contribution in [2.75, 3.05) is 18.6 Å². The van der Waals surface area contributed by atoms with E-state index in [0.717, 1.165) is 29.7 Å². The first-order chi connectivity index (χ1) is 10.2. The summed E-state index contributed by atoms with van der Waals surface area (Å²) < 4.78 is 0. The Morgan fingerprint density at radius 2 is 2.14 bits per heavy atom. The number of carbonyl (C=O) groups is 1. The average molecular weight is 303 g/mol. The van der Waals surface area contributed by atoms with Crippen LogP contribution < -0.4 is 0 Å². The van der Waals surface area contributed by atoms with Crippen LogP contribution in [0.25, 0.3) is 11.0 Å². The summed E-state index contributed by atoms with van der Waals surface area (Å²) in [6.07, 6.45) is 3.45. The van der Waals surface area contributed by atoms with Crippen molar-refractivity contribution in [3.05, 3.63) is 30.1 Å². The Hall–Kier alpha value is -1.49. The first-order valence-electron chi connectivity index (χ1n) is 7.51. The molecular formula is C16H21N3OS. The molecule has 2 aromatic rings. The van der Waals surface area contributed by atoms with Crippen molar-refractivity contribution in [3.8, 4) is 0 Å². The van der Waals surface area contributed by atoms with Gasteiger partial charge in [-0.05, 0) is 36.5 Å². The number of nitrogens with zero attached hydrogens (tertiary/aromatic N) is 2. The standard InChI is InChI=1S/C16H21N3OS/c1-19(12-8-10-21-11-9-12)16(20)7-6-15-17-13-4-2-3-5-14(13)18-15/h2-5,12H,6-11H2,1H3,(H,17,18). The zero-order valence-corrected chi connectivity index (χ0v) is 13.2. The van der Waals surface area contributed by atoms with E-state index in [2.05, 4.69) is 9.97 Å². The lowest BCUT2D eigenvalue weighted by Crippen LogP contribution is -2.39. The van der Waals surface area contributed by atoms with E-state index in [1.807, 2.05) is 48.0 Å². The number of aryl methyl sites for hydroxylation is 1. The summed E-state index contributed by atoms with van der Waals surface area (Å²) in [6, 6.07) is 8.40. The molecule has 112 valence electrons. The molecule has 1 fully saturated rings. The highest BCUT2D eigenvalue weighted by molar-refractivity contribution is 7.99. The third-order valence-electron chi connectivity index (χ3n) is 4.15. The Kier molecular flexibility index (Phi) is 4.48. The van der Waals surface area contributed by atoms with Gasteiger partial charge in [0.2, 0.25) is 5.91 Å². The zero-order valence-electron chi connectivity index (χ0n) is 12.3. The molecule has 1 aromatic carbocycles. The second-order valence-corrected chi connectivity index (χ2v) is 6.77. The molecule has 1 aliphatic heterocycles. The summed E-state index contributed by atoms with van der Waals surface area (Å²) in [7, 11) is 1.95. The van der Waals surface area contributed by atoms with Crippen LogP contribution in [-0.4, -0.2) is 45.4 Å². The Labute approximate surface area is 129 Å². The molecule has 1 N–H and O–H groups in total. The lowest BCUT2D eigenvalue weighted by atomic mass is 10.1. The fourth-order valence-electron chi connectivity index (χ4n) is 2.80. The minimum Gasteiger partial charge on any atom is -0.343 e. The molecule has 0 unspecified atom stereocenters. The number of nitrogens with one attached hydrogen (secondary N) is 1. The number of hydrogen-bond acceptors (Lipinski definition) is 3.